The molecule has 1 saturated heterocycles. The minimum absolute atomic E-state index is 0.174. The Labute approximate surface area is 189 Å². The third kappa shape index (κ3) is 4.63. The van der Waals surface area contributed by atoms with E-state index in [0.29, 0.717) is 35.6 Å². The van der Waals surface area contributed by atoms with Crippen molar-refractivity contribution >= 4 is 28.2 Å². The highest BCUT2D eigenvalue weighted by Crippen LogP contribution is 2.33. The summed E-state index contributed by atoms with van der Waals surface area (Å²) < 4.78 is 41.2. The summed E-state index contributed by atoms with van der Waals surface area (Å²) in [5.41, 5.74) is 0.405. The van der Waals surface area contributed by atoms with Gasteiger partial charge in [0.25, 0.3) is 11.8 Å². The molecule has 1 aliphatic heterocycles. The number of hydrogen-bond acceptors (Lipinski definition) is 6. The van der Waals surface area contributed by atoms with E-state index in [9.17, 15) is 13.6 Å². The molecule has 3 heterocycles. The van der Waals surface area contributed by atoms with Crippen LogP contribution in [0.25, 0.3) is 11.0 Å². The highest BCUT2D eigenvalue weighted by atomic mass is 32.1. The van der Waals surface area contributed by atoms with Gasteiger partial charge in [0, 0.05) is 29.0 Å². The number of hydrogen-bond donors (Lipinski definition) is 1. The Hall–Kier alpha value is -2.52. The van der Waals surface area contributed by atoms with Gasteiger partial charge < -0.3 is 14.5 Å². The van der Waals surface area contributed by atoms with Gasteiger partial charge in [0.15, 0.2) is 0 Å². The fourth-order valence-corrected chi connectivity index (χ4v) is 4.49. The molecule has 0 spiro atoms. The third-order valence-electron chi connectivity index (χ3n) is 5.76. The number of rotatable bonds is 5. The average molecular weight is 464 g/mol. The number of halogens is 2. The molecular weight excluding hydrogens is 436 g/mol. The molecule has 9 heteroatoms. The Morgan fingerprint density at radius 2 is 2.19 bits per heavy atom. The highest BCUT2D eigenvalue weighted by molar-refractivity contribution is 7.09. The number of nitrogens with zero attached hydrogens (tertiary/aromatic N) is 2. The van der Waals surface area contributed by atoms with Gasteiger partial charge in [0.2, 0.25) is 0 Å². The molecule has 2 aromatic heterocycles. The van der Waals surface area contributed by atoms with Crippen molar-refractivity contribution in [3.63, 3.8) is 0 Å². The number of piperidine rings is 1. The van der Waals surface area contributed by atoms with Crippen LogP contribution in [0.1, 0.15) is 48.3 Å². The van der Waals surface area contributed by atoms with Crippen molar-refractivity contribution in [1.82, 2.24) is 15.2 Å². The number of carbonyl (C=O) groups is 1. The van der Waals surface area contributed by atoms with E-state index < -0.39 is 17.9 Å². The minimum Gasteiger partial charge on any atom is -0.486 e. The van der Waals surface area contributed by atoms with Crippen LogP contribution in [0.15, 0.2) is 34.2 Å². The summed E-state index contributed by atoms with van der Waals surface area (Å²) >= 11 is 1.49. The number of ether oxygens (including phenoxy) is 1. The lowest BCUT2D eigenvalue weighted by molar-refractivity contribution is -0.107. The number of alkyl halides is 2. The fourth-order valence-electron chi connectivity index (χ4n) is 3.96. The van der Waals surface area contributed by atoms with Crippen LogP contribution in [0.3, 0.4) is 0 Å². The Balaban J connectivity index is 1.53. The lowest BCUT2D eigenvalue weighted by Crippen LogP contribution is -2.61. The standard InChI is InChI=1S/C23H27F2N3O3S/c1-14-20(21(29)27-18-7-9-28(22(2,3)4)13-23(18,24)25)16-11-15(5-6-17(16)31-14)30-12-19-26-8-10-32-19/h5-6,8,10-11,18H,7,9,12-13H2,1-4H3,(H,27,29). The van der Waals surface area contributed by atoms with E-state index >= 15 is 0 Å². The number of furan rings is 1. The van der Waals surface area contributed by atoms with E-state index in [-0.39, 0.29) is 24.1 Å². The molecular formula is C23H27F2N3O3S. The molecule has 1 aliphatic rings. The van der Waals surface area contributed by atoms with Crippen LogP contribution in [0.5, 0.6) is 5.75 Å². The zero-order valence-electron chi connectivity index (χ0n) is 18.6. The van der Waals surface area contributed by atoms with Crippen LogP contribution in [0, 0.1) is 6.92 Å². The van der Waals surface area contributed by atoms with Crippen LogP contribution in [-0.4, -0.2) is 46.4 Å². The number of benzene rings is 1. The molecule has 172 valence electrons. The molecule has 1 fully saturated rings. The molecule has 0 radical (unpaired) electrons. The zero-order chi connectivity index (χ0) is 23.1. The van der Waals surface area contributed by atoms with E-state index in [2.05, 4.69) is 10.3 Å². The second-order valence-corrected chi connectivity index (χ2v) is 10.1. The summed E-state index contributed by atoms with van der Waals surface area (Å²) in [4.78, 5) is 19.0. The molecule has 0 saturated carbocycles. The maximum atomic E-state index is 14.9. The van der Waals surface area contributed by atoms with Crippen LogP contribution < -0.4 is 10.1 Å². The maximum absolute atomic E-state index is 14.9. The summed E-state index contributed by atoms with van der Waals surface area (Å²) in [6, 6.07) is 3.93. The predicted octanol–water partition coefficient (Wildman–Crippen LogP) is 5.01. The van der Waals surface area contributed by atoms with Crippen molar-refractivity contribution in [3.8, 4) is 5.75 Å². The number of aryl methyl sites for hydroxylation is 1. The zero-order valence-corrected chi connectivity index (χ0v) is 19.4. The van der Waals surface area contributed by atoms with Crippen molar-refractivity contribution in [3.05, 3.63) is 46.1 Å². The van der Waals surface area contributed by atoms with Gasteiger partial charge in [-0.1, -0.05) is 0 Å². The van der Waals surface area contributed by atoms with Crippen LogP contribution in [-0.2, 0) is 6.61 Å². The molecule has 1 atom stereocenters. The van der Waals surface area contributed by atoms with Crippen molar-refractivity contribution in [2.75, 3.05) is 13.1 Å². The molecule has 4 rings (SSSR count). The Morgan fingerprint density at radius 3 is 2.84 bits per heavy atom. The Morgan fingerprint density at radius 1 is 1.41 bits per heavy atom. The molecule has 1 unspecified atom stereocenters. The van der Waals surface area contributed by atoms with Crippen molar-refractivity contribution in [2.24, 2.45) is 0 Å². The molecule has 0 aliphatic carbocycles. The lowest BCUT2D eigenvalue weighted by Gasteiger charge is -2.44. The number of aromatic nitrogens is 1. The first-order chi connectivity index (χ1) is 15.0. The second-order valence-electron chi connectivity index (χ2n) is 9.07. The van der Waals surface area contributed by atoms with Gasteiger partial charge in [0.05, 0.1) is 18.2 Å². The predicted molar refractivity (Wildman–Crippen MR) is 120 cm³/mol. The monoisotopic (exact) mass is 463 g/mol. The SMILES string of the molecule is Cc1oc2ccc(OCc3nccs3)cc2c1C(=O)NC1CCN(C(C)(C)C)CC1(F)F. The molecule has 1 N–H and O–H groups in total. The second kappa shape index (κ2) is 8.44. The topological polar surface area (TPSA) is 67.6 Å². The summed E-state index contributed by atoms with van der Waals surface area (Å²) in [6.07, 6.45) is 1.88. The molecule has 32 heavy (non-hydrogen) atoms. The maximum Gasteiger partial charge on any atom is 0.280 e. The number of likely N-dealkylation sites (tertiary alicyclic amines) is 1. The molecule has 0 bridgehead atoms. The van der Waals surface area contributed by atoms with Gasteiger partial charge in [-0.3, -0.25) is 9.69 Å². The Kier molecular flexibility index (Phi) is 5.98. The highest BCUT2D eigenvalue weighted by Gasteiger charge is 2.47. The van der Waals surface area contributed by atoms with Gasteiger partial charge in [-0.05, 0) is 52.3 Å². The lowest BCUT2D eigenvalue weighted by atomic mass is 9.95. The molecule has 1 amide bonds. The van der Waals surface area contributed by atoms with Crippen LogP contribution in [0.4, 0.5) is 8.78 Å². The minimum atomic E-state index is -3.03. The van der Waals surface area contributed by atoms with E-state index in [1.54, 1.807) is 36.2 Å². The van der Waals surface area contributed by atoms with Crippen molar-refractivity contribution in [2.45, 2.75) is 58.2 Å². The smallest absolute Gasteiger partial charge is 0.280 e. The van der Waals surface area contributed by atoms with E-state index in [1.807, 2.05) is 26.2 Å². The quantitative estimate of drug-likeness (QED) is 0.576. The van der Waals surface area contributed by atoms with E-state index in [1.165, 1.54) is 11.3 Å². The van der Waals surface area contributed by atoms with Gasteiger partial charge in [-0.25, -0.2) is 13.8 Å². The van der Waals surface area contributed by atoms with Gasteiger partial charge in [-0.15, -0.1) is 11.3 Å². The first-order valence-corrected chi connectivity index (χ1v) is 11.4. The molecule has 3 aromatic rings. The van der Waals surface area contributed by atoms with Crippen LogP contribution in [0.2, 0.25) is 0 Å². The number of thiazole rings is 1. The van der Waals surface area contributed by atoms with Gasteiger partial charge in [0.1, 0.15) is 28.7 Å². The number of nitrogens with one attached hydrogen (secondary N) is 1. The number of amides is 1. The van der Waals surface area contributed by atoms with E-state index in [0.717, 1.165) is 5.01 Å². The van der Waals surface area contributed by atoms with E-state index in [4.69, 9.17) is 9.15 Å². The third-order valence-corrected chi connectivity index (χ3v) is 6.51. The summed E-state index contributed by atoms with van der Waals surface area (Å²) in [5.74, 6) is -2.67. The van der Waals surface area contributed by atoms with Gasteiger partial charge >= 0.3 is 0 Å². The Bertz CT molecular complexity index is 1110. The first-order valence-electron chi connectivity index (χ1n) is 10.5. The van der Waals surface area contributed by atoms with Crippen LogP contribution >= 0.6 is 11.3 Å². The molecule has 1 aromatic carbocycles. The molecule has 6 nitrogen and oxygen atoms in total. The average Bonchev–Trinajstić information content (AvgIpc) is 3.33. The summed E-state index contributed by atoms with van der Waals surface area (Å²) in [7, 11) is 0. The first kappa shape index (κ1) is 22.7. The summed E-state index contributed by atoms with van der Waals surface area (Å²) in [5, 5.41) is 5.80. The van der Waals surface area contributed by atoms with Gasteiger partial charge in [-0.2, -0.15) is 0 Å². The normalized spacial score (nSPS) is 19.2. The van der Waals surface area contributed by atoms with Crippen molar-refractivity contribution < 1.29 is 22.7 Å². The van der Waals surface area contributed by atoms with Crippen molar-refractivity contribution in [1.29, 1.82) is 0 Å². The number of carbonyl (C=O) groups excluding carboxylic acids is 1. The fraction of sp³-hybridized carbons (Fsp3) is 0.478. The summed E-state index contributed by atoms with van der Waals surface area (Å²) in [6.45, 7) is 7.81. The number of fused-ring (bicyclic) bond motifs is 1. The largest absolute Gasteiger partial charge is 0.486 e.